The average molecular weight is 147 g/mol. The molecule has 0 aliphatic carbocycles. The van der Waals surface area contributed by atoms with Crippen LogP contribution in [-0.4, -0.2) is 0 Å². The van der Waals surface area contributed by atoms with Gasteiger partial charge in [-0.25, -0.2) is 0 Å². The maximum absolute atomic E-state index is 8.59. The fourth-order valence-corrected chi connectivity index (χ4v) is 0.892. The minimum absolute atomic E-state index is 0.355. The Morgan fingerprint density at radius 3 is 2.73 bits per heavy atom. The molecule has 1 rings (SSSR count). The molecule has 0 radical (unpaired) electrons. The molecule has 4 N–H and O–H groups in total. The summed E-state index contributed by atoms with van der Waals surface area (Å²) in [5.74, 6) is 0. The first-order chi connectivity index (χ1) is 5.27. The molecule has 0 amide bonds. The second kappa shape index (κ2) is 3.04. The highest BCUT2D eigenvalue weighted by atomic mass is 14.6. The number of nitrogens with two attached hydrogens (primary N) is 2. The number of nitrogen functional groups attached to an aromatic ring is 1. The van der Waals surface area contributed by atoms with E-state index in [9.17, 15) is 0 Å². The highest BCUT2D eigenvalue weighted by Gasteiger charge is 1.98. The molecule has 11 heavy (non-hydrogen) atoms. The van der Waals surface area contributed by atoms with E-state index in [1.54, 1.807) is 18.2 Å². The maximum atomic E-state index is 8.59. The van der Waals surface area contributed by atoms with E-state index in [0.717, 1.165) is 5.56 Å². The predicted molar refractivity (Wildman–Crippen MR) is 43.5 cm³/mol. The number of benzene rings is 1. The van der Waals surface area contributed by atoms with Crippen LogP contribution in [0.5, 0.6) is 0 Å². The molecule has 3 heteroatoms. The third kappa shape index (κ3) is 1.48. The van der Waals surface area contributed by atoms with Crippen molar-refractivity contribution in [1.29, 1.82) is 5.26 Å². The summed E-state index contributed by atoms with van der Waals surface area (Å²) in [5, 5.41) is 8.59. The largest absolute Gasteiger partial charge is 0.399 e. The molecule has 0 bridgehead atoms. The van der Waals surface area contributed by atoms with Gasteiger partial charge in [0.2, 0.25) is 0 Å². The minimum atomic E-state index is 0.355. The Labute approximate surface area is 65.2 Å². The molecule has 3 nitrogen and oxygen atoms in total. The smallest absolute Gasteiger partial charge is 0.0995 e. The van der Waals surface area contributed by atoms with Gasteiger partial charge in [-0.15, -0.1) is 0 Å². The second-order valence-electron chi connectivity index (χ2n) is 2.23. The summed E-state index contributed by atoms with van der Waals surface area (Å²) in [6, 6.07) is 7.13. The topological polar surface area (TPSA) is 75.8 Å². The van der Waals surface area contributed by atoms with Crippen molar-refractivity contribution in [2.24, 2.45) is 5.73 Å². The summed E-state index contributed by atoms with van der Waals surface area (Å²) >= 11 is 0. The van der Waals surface area contributed by atoms with Crippen LogP contribution in [0.3, 0.4) is 0 Å². The van der Waals surface area contributed by atoms with Gasteiger partial charge in [-0.2, -0.15) is 5.26 Å². The molecule has 0 atom stereocenters. The third-order valence-electron chi connectivity index (χ3n) is 1.47. The molecule has 0 heterocycles. The van der Waals surface area contributed by atoms with Gasteiger partial charge in [0.15, 0.2) is 0 Å². The van der Waals surface area contributed by atoms with Crippen molar-refractivity contribution in [2.75, 3.05) is 5.73 Å². The van der Waals surface area contributed by atoms with Gasteiger partial charge >= 0.3 is 0 Å². The summed E-state index contributed by atoms with van der Waals surface area (Å²) < 4.78 is 0. The lowest BCUT2D eigenvalue weighted by Crippen LogP contribution is -2.00. The van der Waals surface area contributed by atoms with E-state index < -0.39 is 0 Å². The lowest BCUT2D eigenvalue weighted by molar-refractivity contribution is 1.06. The zero-order valence-electron chi connectivity index (χ0n) is 6.04. The van der Waals surface area contributed by atoms with E-state index in [1.807, 2.05) is 6.07 Å². The van der Waals surface area contributed by atoms with Crippen LogP contribution in [0.25, 0.3) is 0 Å². The number of hydrogen-bond donors (Lipinski definition) is 2. The Balaban J connectivity index is 3.19. The van der Waals surface area contributed by atoms with Gasteiger partial charge in [-0.05, 0) is 23.8 Å². The van der Waals surface area contributed by atoms with Crippen LogP contribution in [0.1, 0.15) is 11.1 Å². The van der Waals surface area contributed by atoms with Crippen molar-refractivity contribution in [3.8, 4) is 6.07 Å². The summed E-state index contributed by atoms with van der Waals surface area (Å²) in [6.45, 7) is 0.355. The second-order valence-corrected chi connectivity index (χ2v) is 2.23. The maximum Gasteiger partial charge on any atom is 0.0995 e. The van der Waals surface area contributed by atoms with Crippen molar-refractivity contribution < 1.29 is 0 Å². The Morgan fingerprint density at radius 1 is 1.45 bits per heavy atom. The van der Waals surface area contributed by atoms with Crippen LogP contribution < -0.4 is 11.5 Å². The van der Waals surface area contributed by atoms with Crippen molar-refractivity contribution in [3.05, 3.63) is 29.3 Å². The summed E-state index contributed by atoms with van der Waals surface area (Å²) in [4.78, 5) is 0. The molecule has 0 spiro atoms. The molecular formula is C8H9N3. The van der Waals surface area contributed by atoms with Crippen LogP contribution in [0, 0.1) is 11.3 Å². The van der Waals surface area contributed by atoms with Crippen LogP contribution >= 0.6 is 0 Å². The first-order valence-corrected chi connectivity index (χ1v) is 3.26. The zero-order valence-corrected chi connectivity index (χ0v) is 6.04. The molecule has 0 saturated heterocycles. The SMILES string of the molecule is N#Cc1ccc(N)cc1CN. The van der Waals surface area contributed by atoms with Crippen molar-refractivity contribution in [1.82, 2.24) is 0 Å². The van der Waals surface area contributed by atoms with E-state index in [1.165, 1.54) is 0 Å². The molecule has 0 aliphatic heterocycles. The van der Waals surface area contributed by atoms with Crippen LogP contribution in [0.4, 0.5) is 5.69 Å². The molecule has 0 unspecified atom stereocenters. The average Bonchev–Trinajstić information content (AvgIpc) is 2.04. The Bertz CT molecular complexity index is 299. The van der Waals surface area contributed by atoms with Gasteiger partial charge in [0.25, 0.3) is 0 Å². The molecule has 1 aromatic rings. The minimum Gasteiger partial charge on any atom is -0.399 e. The standard InChI is InChI=1S/C8H9N3/c9-4-6-1-2-8(11)3-7(6)5-10/h1-3H,5,10-11H2. The fraction of sp³-hybridized carbons (Fsp3) is 0.125. The number of anilines is 1. The first-order valence-electron chi connectivity index (χ1n) is 3.26. The lowest BCUT2D eigenvalue weighted by atomic mass is 10.1. The predicted octanol–water partition coefficient (Wildman–Crippen LogP) is 0.599. The number of nitriles is 1. The molecular weight excluding hydrogens is 138 g/mol. The lowest BCUT2D eigenvalue weighted by Gasteiger charge is -2.00. The first kappa shape index (κ1) is 7.58. The molecule has 56 valence electrons. The molecule has 0 aromatic heterocycles. The van der Waals surface area contributed by atoms with Crippen LogP contribution in [0.15, 0.2) is 18.2 Å². The van der Waals surface area contributed by atoms with Crippen molar-refractivity contribution >= 4 is 5.69 Å². The Hall–Kier alpha value is -1.53. The Morgan fingerprint density at radius 2 is 2.18 bits per heavy atom. The van der Waals surface area contributed by atoms with Crippen molar-refractivity contribution in [3.63, 3.8) is 0 Å². The molecule has 1 aromatic carbocycles. The molecule has 0 fully saturated rings. The molecule has 0 aliphatic rings. The highest BCUT2D eigenvalue weighted by Crippen LogP contribution is 2.11. The van der Waals surface area contributed by atoms with Gasteiger partial charge in [-0.1, -0.05) is 0 Å². The van der Waals surface area contributed by atoms with Crippen LogP contribution in [-0.2, 0) is 6.54 Å². The van der Waals surface area contributed by atoms with E-state index in [2.05, 4.69) is 0 Å². The van der Waals surface area contributed by atoms with E-state index in [0.29, 0.717) is 17.8 Å². The van der Waals surface area contributed by atoms with Gasteiger partial charge in [0, 0.05) is 12.2 Å². The normalized spacial score (nSPS) is 9.09. The zero-order chi connectivity index (χ0) is 8.27. The van der Waals surface area contributed by atoms with E-state index in [4.69, 9.17) is 16.7 Å². The van der Waals surface area contributed by atoms with Crippen LogP contribution in [0.2, 0.25) is 0 Å². The quantitative estimate of drug-likeness (QED) is 0.571. The van der Waals surface area contributed by atoms with Gasteiger partial charge in [0.1, 0.15) is 0 Å². The fourth-order valence-electron chi connectivity index (χ4n) is 0.892. The third-order valence-corrected chi connectivity index (χ3v) is 1.47. The summed E-state index contributed by atoms with van der Waals surface area (Å²) in [5.41, 5.74) is 12.9. The van der Waals surface area contributed by atoms with Gasteiger partial charge in [-0.3, -0.25) is 0 Å². The monoisotopic (exact) mass is 147 g/mol. The van der Waals surface area contributed by atoms with Crippen molar-refractivity contribution in [2.45, 2.75) is 6.54 Å². The van der Waals surface area contributed by atoms with Gasteiger partial charge in [0.05, 0.1) is 11.6 Å². The van der Waals surface area contributed by atoms with Gasteiger partial charge < -0.3 is 11.5 Å². The van der Waals surface area contributed by atoms with E-state index in [-0.39, 0.29) is 0 Å². The number of rotatable bonds is 1. The highest BCUT2D eigenvalue weighted by molar-refractivity contribution is 5.48. The summed E-state index contributed by atoms with van der Waals surface area (Å²) in [7, 11) is 0. The Kier molecular flexibility index (Phi) is 2.09. The van der Waals surface area contributed by atoms with E-state index >= 15 is 0 Å². The summed E-state index contributed by atoms with van der Waals surface area (Å²) in [6.07, 6.45) is 0. The molecule has 0 saturated carbocycles. The number of hydrogen-bond acceptors (Lipinski definition) is 3. The number of nitrogens with zero attached hydrogens (tertiary/aromatic N) is 1.